The lowest BCUT2D eigenvalue weighted by atomic mass is 10.1. The molecule has 0 aromatic carbocycles. The second-order valence-electron chi connectivity index (χ2n) is 3.53. The van der Waals surface area contributed by atoms with Gasteiger partial charge in [-0.25, -0.2) is 4.98 Å². The van der Waals surface area contributed by atoms with Gasteiger partial charge >= 0.3 is 0 Å². The van der Waals surface area contributed by atoms with Gasteiger partial charge in [0.1, 0.15) is 12.0 Å². The molecule has 0 N–H and O–H groups in total. The van der Waals surface area contributed by atoms with Gasteiger partial charge in [0.25, 0.3) is 6.01 Å². The highest BCUT2D eigenvalue weighted by molar-refractivity contribution is 5.53. The van der Waals surface area contributed by atoms with Gasteiger partial charge in [-0.05, 0) is 19.3 Å². The fraction of sp³-hybridized carbons (Fsp3) is 0.600. The number of nitrogens with zero attached hydrogens (tertiary/aromatic N) is 2. The Bertz CT molecular complexity index is 303. The molecular weight excluding hydrogens is 180 g/mol. The monoisotopic (exact) mass is 194 g/mol. The van der Waals surface area contributed by atoms with Crippen molar-refractivity contribution < 1.29 is 9.21 Å². The third-order valence-electron chi connectivity index (χ3n) is 2.45. The molecule has 0 saturated carbocycles. The van der Waals surface area contributed by atoms with E-state index >= 15 is 0 Å². The van der Waals surface area contributed by atoms with Crippen molar-refractivity contribution in [2.45, 2.75) is 25.7 Å². The van der Waals surface area contributed by atoms with Crippen LogP contribution in [0.4, 0.5) is 6.01 Å². The summed E-state index contributed by atoms with van der Waals surface area (Å²) in [5.41, 5.74) is 0. The van der Waals surface area contributed by atoms with E-state index in [1.165, 1.54) is 19.3 Å². The molecule has 1 fully saturated rings. The second-order valence-corrected chi connectivity index (χ2v) is 3.53. The highest BCUT2D eigenvalue weighted by atomic mass is 16.4. The molecule has 2 heterocycles. The Morgan fingerprint density at radius 2 is 2.21 bits per heavy atom. The standard InChI is InChI=1S/C10H14N2O2/c13-7-4-9-8-11-10(14-9)12-5-2-1-3-6-12/h7-8H,1-6H2. The molecule has 0 aliphatic carbocycles. The molecule has 4 heteroatoms. The average molecular weight is 194 g/mol. The number of piperidine rings is 1. The van der Waals surface area contributed by atoms with E-state index in [2.05, 4.69) is 9.88 Å². The highest BCUT2D eigenvalue weighted by Crippen LogP contribution is 2.19. The van der Waals surface area contributed by atoms with Crippen molar-refractivity contribution in [3.05, 3.63) is 12.0 Å². The minimum atomic E-state index is 0.320. The van der Waals surface area contributed by atoms with Crippen LogP contribution in [0.25, 0.3) is 0 Å². The zero-order chi connectivity index (χ0) is 9.80. The molecule has 2 rings (SSSR count). The van der Waals surface area contributed by atoms with Crippen LogP contribution in [0.3, 0.4) is 0 Å². The quantitative estimate of drug-likeness (QED) is 0.682. The SMILES string of the molecule is O=CCc1cnc(N2CCCCC2)o1. The van der Waals surface area contributed by atoms with Crippen molar-refractivity contribution >= 4 is 12.3 Å². The zero-order valence-electron chi connectivity index (χ0n) is 8.11. The van der Waals surface area contributed by atoms with E-state index in [0.717, 1.165) is 19.4 Å². The molecule has 14 heavy (non-hydrogen) atoms. The number of carbonyl (C=O) groups excluding carboxylic acids is 1. The third-order valence-corrected chi connectivity index (χ3v) is 2.45. The van der Waals surface area contributed by atoms with Crippen LogP contribution in [0.2, 0.25) is 0 Å². The predicted molar refractivity (Wildman–Crippen MR) is 52.3 cm³/mol. The number of anilines is 1. The minimum absolute atomic E-state index is 0.320. The van der Waals surface area contributed by atoms with Gasteiger partial charge < -0.3 is 14.1 Å². The molecule has 0 bridgehead atoms. The summed E-state index contributed by atoms with van der Waals surface area (Å²) < 4.78 is 5.45. The lowest BCUT2D eigenvalue weighted by Crippen LogP contribution is -2.29. The van der Waals surface area contributed by atoms with Crippen LogP contribution in [0.1, 0.15) is 25.0 Å². The molecule has 0 unspecified atom stereocenters. The molecule has 1 aliphatic heterocycles. The largest absolute Gasteiger partial charge is 0.428 e. The van der Waals surface area contributed by atoms with Crippen LogP contribution in [-0.2, 0) is 11.2 Å². The Labute approximate surface area is 82.9 Å². The Balaban J connectivity index is 2.03. The van der Waals surface area contributed by atoms with Gasteiger partial charge in [0.05, 0.1) is 12.6 Å². The summed E-state index contributed by atoms with van der Waals surface area (Å²) in [6, 6.07) is 0.668. The molecule has 0 amide bonds. The van der Waals surface area contributed by atoms with E-state index in [1.54, 1.807) is 6.20 Å². The first-order valence-electron chi connectivity index (χ1n) is 5.03. The smallest absolute Gasteiger partial charge is 0.297 e. The lowest BCUT2D eigenvalue weighted by Gasteiger charge is -2.24. The Morgan fingerprint density at radius 1 is 1.43 bits per heavy atom. The van der Waals surface area contributed by atoms with E-state index in [-0.39, 0.29) is 0 Å². The van der Waals surface area contributed by atoms with Crippen molar-refractivity contribution in [2.75, 3.05) is 18.0 Å². The fourth-order valence-electron chi connectivity index (χ4n) is 1.71. The van der Waals surface area contributed by atoms with Gasteiger partial charge in [-0.3, -0.25) is 0 Å². The van der Waals surface area contributed by atoms with Crippen LogP contribution >= 0.6 is 0 Å². The summed E-state index contributed by atoms with van der Waals surface area (Å²) in [5, 5.41) is 0. The van der Waals surface area contributed by atoms with Crippen LogP contribution < -0.4 is 4.90 Å². The van der Waals surface area contributed by atoms with Crippen LogP contribution in [-0.4, -0.2) is 24.4 Å². The van der Waals surface area contributed by atoms with Gasteiger partial charge in [0, 0.05) is 13.1 Å². The molecule has 0 spiro atoms. The molecule has 0 radical (unpaired) electrons. The first-order valence-corrected chi connectivity index (χ1v) is 5.03. The lowest BCUT2D eigenvalue weighted by molar-refractivity contribution is -0.107. The van der Waals surface area contributed by atoms with Crippen LogP contribution in [0.5, 0.6) is 0 Å². The summed E-state index contributed by atoms with van der Waals surface area (Å²) >= 11 is 0. The molecular formula is C10H14N2O2. The number of oxazole rings is 1. The molecule has 4 nitrogen and oxygen atoms in total. The number of rotatable bonds is 3. The predicted octanol–water partition coefficient (Wildman–Crippen LogP) is 1.41. The summed E-state index contributed by atoms with van der Waals surface area (Å²) in [7, 11) is 0. The zero-order valence-corrected chi connectivity index (χ0v) is 8.11. The molecule has 76 valence electrons. The van der Waals surface area contributed by atoms with Gasteiger partial charge in [0.15, 0.2) is 0 Å². The maximum atomic E-state index is 10.3. The molecule has 1 aliphatic rings. The van der Waals surface area contributed by atoms with E-state index in [9.17, 15) is 4.79 Å². The van der Waals surface area contributed by atoms with E-state index < -0.39 is 0 Å². The minimum Gasteiger partial charge on any atom is -0.428 e. The Hall–Kier alpha value is -1.32. The summed E-state index contributed by atoms with van der Waals surface area (Å²) in [5.74, 6) is 0.653. The summed E-state index contributed by atoms with van der Waals surface area (Å²) in [4.78, 5) is 16.6. The molecule has 1 aromatic heterocycles. The molecule has 0 atom stereocenters. The Kier molecular flexibility index (Phi) is 2.81. The number of hydrogen-bond donors (Lipinski definition) is 0. The number of carbonyl (C=O) groups is 1. The van der Waals surface area contributed by atoms with Gasteiger partial charge in [-0.2, -0.15) is 0 Å². The highest BCUT2D eigenvalue weighted by Gasteiger charge is 2.15. The molecule has 1 aromatic rings. The summed E-state index contributed by atoms with van der Waals surface area (Å²) in [6.07, 6.45) is 6.48. The van der Waals surface area contributed by atoms with E-state index in [0.29, 0.717) is 18.2 Å². The third kappa shape index (κ3) is 1.95. The van der Waals surface area contributed by atoms with Crippen molar-refractivity contribution in [3.63, 3.8) is 0 Å². The maximum Gasteiger partial charge on any atom is 0.297 e. The first kappa shape index (κ1) is 9.24. The van der Waals surface area contributed by atoms with E-state index in [1.807, 2.05) is 0 Å². The van der Waals surface area contributed by atoms with Crippen molar-refractivity contribution in [2.24, 2.45) is 0 Å². The van der Waals surface area contributed by atoms with Crippen molar-refractivity contribution in [1.29, 1.82) is 0 Å². The van der Waals surface area contributed by atoms with Crippen LogP contribution in [0, 0.1) is 0 Å². The topological polar surface area (TPSA) is 46.3 Å². The number of aromatic nitrogens is 1. The van der Waals surface area contributed by atoms with Gasteiger partial charge in [-0.15, -0.1) is 0 Å². The average Bonchev–Trinajstić information content (AvgIpc) is 2.68. The Morgan fingerprint density at radius 3 is 2.93 bits per heavy atom. The van der Waals surface area contributed by atoms with E-state index in [4.69, 9.17) is 4.42 Å². The summed E-state index contributed by atoms with van der Waals surface area (Å²) in [6.45, 7) is 2.03. The normalized spacial score (nSPS) is 17.0. The molecule has 1 saturated heterocycles. The fourth-order valence-corrected chi connectivity index (χ4v) is 1.71. The van der Waals surface area contributed by atoms with Gasteiger partial charge in [-0.1, -0.05) is 0 Å². The maximum absolute atomic E-state index is 10.3. The van der Waals surface area contributed by atoms with Crippen molar-refractivity contribution in [3.8, 4) is 0 Å². The second kappa shape index (κ2) is 4.26. The number of hydrogen-bond acceptors (Lipinski definition) is 4. The van der Waals surface area contributed by atoms with Crippen molar-refractivity contribution in [1.82, 2.24) is 4.98 Å². The van der Waals surface area contributed by atoms with Crippen LogP contribution in [0.15, 0.2) is 10.6 Å². The number of aldehydes is 1. The van der Waals surface area contributed by atoms with Gasteiger partial charge in [0.2, 0.25) is 0 Å². The first-order chi connectivity index (χ1) is 6.90.